The third-order valence-corrected chi connectivity index (χ3v) is 4.10. The minimum absolute atomic E-state index is 0.568. The number of carbonyl (C=O) groups is 1. The van der Waals surface area contributed by atoms with Gasteiger partial charge < -0.3 is 5.11 Å². The van der Waals surface area contributed by atoms with E-state index in [2.05, 4.69) is 11.0 Å². The molecule has 4 nitrogen and oxygen atoms in total. The molecule has 0 spiro atoms. The number of hydrogen-bond donors (Lipinski definition) is 1. The molecule has 0 amide bonds. The van der Waals surface area contributed by atoms with Gasteiger partial charge in [-0.2, -0.15) is 5.26 Å². The fourth-order valence-electron chi connectivity index (χ4n) is 2.72. The summed E-state index contributed by atoms with van der Waals surface area (Å²) >= 11 is 0. The van der Waals surface area contributed by atoms with Gasteiger partial charge in [0.05, 0.1) is 17.0 Å². The molecule has 1 aromatic rings. The van der Waals surface area contributed by atoms with Gasteiger partial charge in [0, 0.05) is 13.1 Å². The first kappa shape index (κ1) is 13.6. The van der Waals surface area contributed by atoms with E-state index in [0.717, 1.165) is 12.1 Å². The molecule has 19 heavy (non-hydrogen) atoms. The molecule has 1 saturated heterocycles. The predicted molar refractivity (Wildman–Crippen MR) is 71.4 cm³/mol. The van der Waals surface area contributed by atoms with Crippen LogP contribution < -0.4 is 0 Å². The Morgan fingerprint density at radius 2 is 2.26 bits per heavy atom. The smallest absolute Gasteiger partial charge is 0.310 e. The first-order chi connectivity index (χ1) is 9.11. The molecule has 1 unspecified atom stereocenters. The van der Waals surface area contributed by atoms with Crippen molar-refractivity contribution >= 4 is 5.97 Å². The Hall–Kier alpha value is -1.86. The van der Waals surface area contributed by atoms with E-state index >= 15 is 0 Å². The Balaban J connectivity index is 2.11. The first-order valence-electron chi connectivity index (χ1n) is 6.55. The molecule has 100 valence electrons. The van der Waals surface area contributed by atoms with Crippen LogP contribution in [0.2, 0.25) is 0 Å². The summed E-state index contributed by atoms with van der Waals surface area (Å²) in [5, 5.41) is 18.4. The van der Waals surface area contributed by atoms with E-state index in [1.165, 1.54) is 0 Å². The molecular formula is C15H18N2O2. The van der Waals surface area contributed by atoms with E-state index in [4.69, 9.17) is 5.26 Å². The molecule has 0 radical (unpaired) electrons. The molecule has 0 bridgehead atoms. The fourth-order valence-corrected chi connectivity index (χ4v) is 2.72. The van der Waals surface area contributed by atoms with Crippen molar-refractivity contribution in [3.05, 3.63) is 35.4 Å². The summed E-state index contributed by atoms with van der Waals surface area (Å²) in [6.45, 7) is 3.93. The number of aliphatic carboxylic acids is 1. The molecule has 1 aliphatic rings. The molecule has 1 aliphatic heterocycles. The van der Waals surface area contributed by atoms with E-state index < -0.39 is 11.4 Å². The van der Waals surface area contributed by atoms with Crippen molar-refractivity contribution in [1.29, 1.82) is 5.26 Å². The van der Waals surface area contributed by atoms with Gasteiger partial charge in [0.1, 0.15) is 0 Å². The zero-order chi connectivity index (χ0) is 13.9. The summed E-state index contributed by atoms with van der Waals surface area (Å²) in [6.07, 6.45) is 1.34. The van der Waals surface area contributed by atoms with Crippen LogP contribution >= 0.6 is 0 Å². The summed E-state index contributed by atoms with van der Waals surface area (Å²) in [6, 6.07) is 9.68. The van der Waals surface area contributed by atoms with Gasteiger partial charge in [-0.25, -0.2) is 0 Å². The molecule has 1 aromatic carbocycles. The average Bonchev–Trinajstić information content (AvgIpc) is 2.84. The Morgan fingerprint density at radius 1 is 1.53 bits per heavy atom. The predicted octanol–water partition coefficient (Wildman–Crippen LogP) is 2.24. The summed E-state index contributed by atoms with van der Waals surface area (Å²) in [7, 11) is 0. The van der Waals surface area contributed by atoms with Crippen molar-refractivity contribution < 1.29 is 9.90 Å². The molecule has 0 saturated carbocycles. The SMILES string of the molecule is CCC1(C(=O)O)CCN(Cc2ccccc2C#N)C1. The minimum atomic E-state index is -0.703. The molecule has 1 atom stereocenters. The van der Waals surface area contributed by atoms with Crippen molar-refractivity contribution in [2.24, 2.45) is 5.41 Å². The maximum atomic E-state index is 11.4. The zero-order valence-electron chi connectivity index (χ0n) is 11.1. The summed E-state index contributed by atoms with van der Waals surface area (Å²) in [4.78, 5) is 13.5. The van der Waals surface area contributed by atoms with Crippen LogP contribution in [0, 0.1) is 16.7 Å². The molecule has 2 rings (SSSR count). The lowest BCUT2D eigenvalue weighted by molar-refractivity contribution is -0.148. The van der Waals surface area contributed by atoms with Gasteiger partial charge >= 0.3 is 5.97 Å². The molecule has 1 N–H and O–H groups in total. The fraction of sp³-hybridized carbons (Fsp3) is 0.467. The lowest BCUT2D eigenvalue weighted by Crippen LogP contribution is -2.34. The molecular weight excluding hydrogens is 240 g/mol. The van der Waals surface area contributed by atoms with Crippen LogP contribution in [-0.2, 0) is 11.3 Å². The Bertz CT molecular complexity index is 521. The standard InChI is InChI=1S/C15H18N2O2/c1-2-15(14(18)19)7-8-17(11-15)10-13-6-4-3-5-12(13)9-16/h3-6H,2,7-8,10-11H2,1H3,(H,18,19). The van der Waals surface area contributed by atoms with Crippen molar-refractivity contribution in [3.8, 4) is 6.07 Å². The van der Waals surface area contributed by atoms with Crippen LogP contribution in [-0.4, -0.2) is 29.1 Å². The van der Waals surface area contributed by atoms with Crippen molar-refractivity contribution in [1.82, 2.24) is 4.90 Å². The Morgan fingerprint density at radius 3 is 2.84 bits per heavy atom. The van der Waals surface area contributed by atoms with Crippen LogP contribution in [0.25, 0.3) is 0 Å². The molecule has 1 fully saturated rings. The number of benzene rings is 1. The molecule has 1 heterocycles. The largest absolute Gasteiger partial charge is 0.481 e. The van der Waals surface area contributed by atoms with Gasteiger partial charge in [-0.05, 0) is 31.0 Å². The summed E-state index contributed by atoms with van der Waals surface area (Å²) < 4.78 is 0. The van der Waals surface area contributed by atoms with E-state index in [9.17, 15) is 9.90 Å². The number of carboxylic acid groups (broad SMARTS) is 1. The van der Waals surface area contributed by atoms with E-state index in [0.29, 0.717) is 31.5 Å². The van der Waals surface area contributed by atoms with Gasteiger partial charge in [-0.15, -0.1) is 0 Å². The number of nitrogens with zero attached hydrogens (tertiary/aromatic N) is 2. The minimum Gasteiger partial charge on any atom is -0.481 e. The van der Waals surface area contributed by atoms with Crippen molar-refractivity contribution in [2.45, 2.75) is 26.3 Å². The van der Waals surface area contributed by atoms with Gasteiger partial charge in [0.2, 0.25) is 0 Å². The van der Waals surface area contributed by atoms with Crippen molar-refractivity contribution in [3.63, 3.8) is 0 Å². The summed E-state index contributed by atoms with van der Waals surface area (Å²) in [5.41, 5.74) is 1.04. The number of likely N-dealkylation sites (tertiary alicyclic amines) is 1. The second-order valence-corrected chi connectivity index (χ2v) is 5.17. The quantitative estimate of drug-likeness (QED) is 0.899. The third kappa shape index (κ3) is 2.61. The van der Waals surface area contributed by atoms with Crippen molar-refractivity contribution in [2.75, 3.05) is 13.1 Å². The molecule has 0 aromatic heterocycles. The zero-order valence-corrected chi connectivity index (χ0v) is 11.1. The highest BCUT2D eigenvalue weighted by Crippen LogP contribution is 2.35. The second-order valence-electron chi connectivity index (χ2n) is 5.17. The maximum Gasteiger partial charge on any atom is 0.310 e. The van der Waals surface area contributed by atoms with E-state index in [1.54, 1.807) is 6.07 Å². The normalized spacial score (nSPS) is 23.2. The Labute approximate surface area is 113 Å². The monoisotopic (exact) mass is 258 g/mol. The topological polar surface area (TPSA) is 64.3 Å². The number of carboxylic acids is 1. The maximum absolute atomic E-state index is 11.4. The highest BCUT2D eigenvalue weighted by atomic mass is 16.4. The van der Waals surface area contributed by atoms with Gasteiger partial charge in [0.15, 0.2) is 0 Å². The van der Waals surface area contributed by atoms with E-state index in [-0.39, 0.29) is 0 Å². The first-order valence-corrected chi connectivity index (χ1v) is 6.55. The van der Waals surface area contributed by atoms with Crippen LogP contribution in [0.4, 0.5) is 0 Å². The van der Waals surface area contributed by atoms with Gasteiger partial charge in [-0.1, -0.05) is 25.1 Å². The van der Waals surface area contributed by atoms with Crippen LogP contribution in [0.15, 0.2) is 24.3 Å². The number of rotatable bonds is 4. The lowest BCUT2D eigenvalue weighted by Gasteiger charge is -2.23. The Kier molecular flexibility index (Phi) is 3.87. The second kappa shape index (κ2) is 5.41. The number of nitriles is 1. The van der Waals surface area contributed by atoms with Gasteiger partial charge in [0.25, 0.3) is 0 Å². The van der Waals surface area contributed by atoms with Crippen LogP contribution in [0.1, 0.15) is 30.9 Å². The summed E-state index contributed by atoms with van der Waals surface area (Å²) in [5.74, 6) is -0.703. The third-order valence-electron chi connectivity index (χ3n) is 4.10. The average molecular weight is 258 g/mol. The lowest BCUT2D eigenvalue weighted by atomic mass is 9.84. The highest BCUT2D eigenvalue weighted by molar-refractivity contribution is 5.75. The van der Waals surface area contributed by atoms with E-state index in [1.807, 2.05) is 25.1 Å². The van der Waals surface area contributed by atoms with Crippen LogP contribution in [0.3, 0.4) is 0 Å². The van der Waals surface area contributed by atoms with Gasteiger partial charge in [-0.3, -0.25) is 9.69 Å². The molecule has 4 heteroatoms. The van der Waals surface area contributed by atoms with Crippen LogP contribution in [0.5, 0.6) is 0 Å². The molecule has 0 aliphatic carbocycles. The highest BCUT2D eigenvalue weighted by Gasteiger charge is 2.43. The number of hydrogen-bond acceptors (Lipinski definition) is 3.